The number of rotatable bonds is 8. The highest BCUT2D eigenvalue weighted by molar-refractivity contribution is 6.10. The van der Waals surface area contributed by atoms with Gasteiger partial charge in [0.25, 0.3) is 12.3 Å². The normalized spacial score (nSPS) is 20.5. The van der Waals surface area contributed by atoms with Crippen LogP contribution in [0.25, 0.3) is 0 Å². The lowest BCUT2D eigenvalue weighted by atomic mass is 9.86. The molecule has 0 radical (unpaired) electrons. The molecule has 184 valence electrons. The Morgan fingerprint density at radius 2 is 1.91 bits per heavy atom. The van der Waals surface area contributed by atoms with E-state index < -0.39 is 73.1 Å². The Morgan fingerprint density at radius 1 is 1.27 bits per heavy atom. The van der Waals surface area contributed by atoms with Gasteiger partial charge in [0.1, 0.15) is 24.2 Å². The van der Waals surface area contributed by atoms with Crippen LogP contribution in [0.1, 0.15) is 26.7 Å². The second-order valence-corrected chi connectivity index (χ2v) is 7.62. The first kappa shape index (κ1) is 26.4. The van der Waals surface area contributed by atoms with Crippen LogP contribution in [-0.2, 0) is 14.4 Å². The number of Topliss-reactive ketones (excluding diaryl/α,β-unsaturated/α-hetero) is 1. The number of fused-ring (bicyclic) bond motifs is 1. The second kappa shape index (κ2) is 9.98. The van der Waals surface area contributed by atoms with Gasteiger partial charge in [0.2, 0.25) is 5.91 Å². The Morgan fingerprint density at radius 3 is 2.45 bits per heavy atom. The lowest BCUT2D eigenvalue weighted by Crippen LogP contribution is -2.54. The fourth-order valence-corrected chi connectivity index (χ4v) is 3.31. The molecule has 0 unspecified atom stereocenters. The summed E-state index contributed by atoms with van der Waals surface area (Å²) in [6.07, 6.45) is -9.76. The van der Waals surface area contributed by atoms with E-state index in [1.165, 1.54) is 5.32 Å². The van der Waals surface area contributed by atoms with Crippen molar-refractivity contribution in [1.29, 1.82) is 0 Å². The number of anilines is 1. The van der Waals surface area contributed by atoms with Crippen molar-refractivity contribution in [2.24, 2.45) is 5.92 Å². The molecule has 0 saturated heterocycles. The van der Waals surface area contributed by atoms with Gasteiger partial charge in [0, 0.05) is 12.5 Å². The third kappa shape index (κ3) is 6.36. The monoisotopic (exact) mass is 484 g/mol. The molecule has 1 aromatic rings. The van der Waals surface area contributed by atoms with Gasteiger partial charge in [-0.15, -0.1) is 0 Å². The van der Waals surface area contributed by atoms with Crippen molar-refractivity contribution in [3.8, 4) is 5.75 Å². The lowest BCUT2D eigenvalue weighted by Gasteiger charge is -2.28. The Labute approximate surface area is 184 Å². The topological polar surface area (TPSA) is 95.9 Å². The van der Waals surface area contributed by atoms with Gasteiger partial charge in [-0.2, -0.15) is 13.2 Å². The molecule has 0 bridgehead atoms. The summed E-state index contributed by atoms with van der Waals surface area (Å²) in [6.45, 7) is -0.746. The van der Waals surface area contributed by atoms with Crippen molar-refractivity contribution >= 4 is 23.3 Å². The van der Waals surface area contributed by atoms with Crippen LogP contribution < -0.4 is 15.0 Å². The van der Waals surface area contributed by atoms with Gasteiger partial charge in [-0.1, -0.05) is 6.92 Å². The van der Waals surface area contributed by atoms with E-state index in [0.717, 1.165) is 18.2 Å². The summed E-state index contributed by atoms with van der Waals surface area (Å²) < 4.78 is 82.8. The number of benzene rings is 1. The van der Waals surface area contributed by atoms with E-state index in [2.05, 4.69) is 0 Å². The molecule has 0 aliphatic carbocycles. The SMILES string of the molecule is CC[C@H]1Oc2ccc(F)cc2N(CC(F)F)C(=O)[C@H]1CC(=O)[C@@](C)(O)C(=O)NCC(F)(F)F. The third-order valence-electron chi connectivity index (χ3n) is 5.08. The Balaban J connectivity index is 2.35. The number of aliphatic hydroxyl groups is 1. The molecule has 13 heteroatoms. The first-order valence-corrected chi connectivity index (χ1v) is 9.83. The number of carbonyl (C=O) groups excluding carboxylic acids is 3. The molecule has 2 N–H and O–H groups in total. The summed E-state index contributed by atoms with van der Waals surface area (Å²) in [5.74, 6) is -6.44. The van der Waals surface area contributed by atoms with Crippen LogP contribution in [0.3, 0.4) is 0 Å². The minimum Gasteiger partial charge on any atom is -0.487 e. The van der Waals surface area contributed by atoms with E-state index in [0.29, 0.717) is 11.8 Å². The molecule has 0 spiro atoms. The molecule has 1 aromatic carbocycles. The van der Waals surface area contributed by atoms with Crippen molar-refractivity contribution in [3.05, 3.63) is 24.0 Å². The molecular weight excluding hydrogens is 462 g/mol. The minimum absolute atomic E-state index is 0.0748. The van der Waals surface area contributed by atoms with Gasteiger partial charge in [0.05, 0.1) is 18.2 Å². The summed E-state index contributed by atoms with van der Waals surface area (Å²) >= 11 is 0. The summed E-state index contributed by atoms with van der Waals surface area (Å²) in [5.41, 5.74) is -3.23. The quantitative estimate of drug-likeness (QED) is 0.437. The van der Waals surface area contributed by atoms with Crippen LogP contribution in [-0.4, -0.2) is 60.1 Å². The number of hydrogen-bond donors (Lipinski definition) is 2. The number of alkyl halides is 5. The zero-order valence-corrected chi connectivity index (χ0v) is 17.6. The molecule has 0 fully saturated rings. The smallest absolute Gasteiger partial charge is 0.405 e. The number of hydrogen-bond acceptors (Lipinski definition) is 5. The molecule has 3 atom stereocenters. The first-order valence-electron chi connectivity index (χ1n) is 9.83. The zero-order chi connectivity index (χ0) is 25.1. The van der Waals surface area contributed by atoms with Gasteiger partial charge >= 0.3 is 6.18 Å². The van der Waals surface area contributed by atoms with Gasteiger partial charge in [-0.25, -0.2) is 13.2 Å². The Bertz CT molecular complexity index is 905. The van der Waals surface area contributed by atoms with E-state index >= 15 is 0 Å². The number of halogens is 6. The molecule has 2 amide bonds. The van der Waals surface area contributed by atoms with Gasteiger partial charge in [-0.3, -0.25) is 14.4 Å². The van der Waals surface area contributed by atoms with E-state index in [9.17, 15) is 45.8 Å². The fourth-order valence-electron chi connectivity index (χ4n) is 3.31. The number of ketones is 1. The number of carbonyl (C=O) groups is 3. The number of nitrogens with one attached hydrogen (secondary N) is 1. The second-order valence-electron chi connectivity index (χ2n) is 7.62. The summed E-state index contributed by atoms with van der Waals surface area (Å²) in [4.78, 5) is 38.3. The molecule has 33 heavy (non-hydrogen) atoms. The standard InChI is InChI=1S/C20H22F6N2O5/c1-3-13-11(7-15(29)19(2,32)18(31)27-9-20(24,25)26)17(30)28(8-16(22)23)12-6-10(21)4-5-14(12)33-13/h4-6,11,13,16,32H,3,7-9H2,1-2H3,(H,27,31)/t11-,13+,19+/m0/s1. The van der Waals surface area contributed by atoms with Crippen molar-refractivity contribution < 1.29 is 50.6 Å². The lowest BCUT2D eigenvalue weighted by molar-refractivity contribution is -0.158. The van der Waals surface area contributed by atoms with E-state index in [1.54, 1.807) is 6.92 Å². The van der Waals surface area contributed by atoms with Crippen LogP contribution in [0, 0.1) is 11.7 Å². The highest BCUT2D eigenvalue weighted by Gasteiger charge is 2.46. The zero-order valence-electron chi connectivity index (χ0n) is 17.6. The summed E-state index contributed by atoms with van der Waals surface area (Å²) in [7, 11) is 0. The maximum absolute atomic E-state index is 13.8. The summed E-state index contributed by atoms with van der Waals surface area (Å²) in [6, 6.07) is 2.93. The number of ether oxygens (including phenoxy) is 1. The van der Waals surface area contributed by atoms with E-state index in [4.69, 9.17) is 4.74 Å². The minimum atomic E-state index is -4.80. The van der Waals surface area contributed by atoms with Crippen LogP contribution in [0.5, 0.6) is 5.75 Å². The molecule has 0 aromatic heterocycles. The van der Waals surface area contributed by atoms with Gasteiger partial charge in [0.15, 0.2) is 11.4 Å². The van der Waals surface area contributed by atoms with Crippen LogP contribution in [0.2, 0.25) is 0 Å². The van der Waals surface area contributed by atoms with Crippen molar-refractivity contribution in [2.75, 3.05) is 18.0 Å². The average molecular weight is 484 g/mol. The number of amides is 2. The highest BCUT2D eigenvalue weighted by Crippen LogP contribution is 2.38. The molecule has 1 heterocycles. The highest BCUT2D eigenvalue weighted by atomic mass is 19.4. The Hall–Kier alpha value is -2.83. The largest absolute Gasteiger partial charge is 0.487 e. The molecular formula is C20H22F6N2O5. The molecule has 1 aliphatic rings. The van der Waals surface area contributed by atoms with Crippen molar-refractivity contribution in [2.45, 2.75) is 51.0 Å². The van der Waals surface area contributed by atoms with Gasteiger partial charge < -0.3 is 20.1 Å². The van der Waals surface area contributed by atoms with Gasteiger partial charge in [-0.05, 0) is 25.5 Å². The molecule has 1 aliphatic heterocycles. The number of nitrogens with zero attached hydrogens (tertiary/aromatic N) is 1. The van der Waals surface area contributed by atoms with E-state index in [1.807, 2.05) is 0 Å². The molecule has 0 saturated carbocycles. The maximum atomic E-state index is 13.8. The van der Waals surface area contributed by atoms with Crippen LogP contribution >= 0.6 is 0 Å². The van der Waals surface area contributed by atoms with Crippen LogP contribution in [0.4, 0.5) is 32.0 Å². The molecule has 7 nitrogen and oxygen atoms in total. The fraction of sp³-hybridized carbons (Fsp3) is 0.550. The van der Waals surface area contributed by atoms with Crippen molar-refractivity contribution in [3.63, 3.8) is 0 Å². The average Bonchev–Trinajstić information content (AvgIpc) is 2.81. The van der Waals surface area contributed by atoms with Crippen molar-refractivity contribution in [1.82, 2.24) is 5.32 Å². The summed E-state index contributed by atoms with van der Waals surface area (Å²) in [5, 5.41) is 11.6. The predicted octanol–water partition coefficient (Wildman–Crippen LogP) is 2.60. The Kier molecular flexibility index (Phi) is 7.99. The molecule has 2 rings (SSSR count). The maximum Gasteiger partial charge on any atom is 0.405 e. The first-order chi connectivity index (χ1) is 15.2. The van der Waals surface area contributed by atoms with E-state index in [-0.39, 0.29) is 17.9 Å². The third-order valence-corrected chi connectivity index (χ3v) is 5.08. The predicted molar refractivity (Wildman–Crippen MR) is 102 cm³/mol. The van der Waals surface area contributed by atoms with Crippen LogP contribution in [0.15, 0.2) is 18.2 Å².